The van der Waals surface area contributed by atoms with Gasteiger partial charge in [0, 0.05) is 101 Å². The first-order valence-electron chi connectivity index (χ1n) is 46.3. The van der Waals surface area contributed by atoms with E-state index in [2.05, 4.69) is 188 Å². The Hall–Kier alpha value is -9.63. The molecule has 0 radical (unpaired) electrons. The zero-order valence-electron chi connectivity index (χ0n) is 78.5. The lowest BCUT2D eigenvalue weighted by Gasteiger charge is -2.36. The SMILES string of the molecule is C.CC(C)(C)c1ccc2c(n1)N1C[C@@H](CCC(C3CCN(C(=O)OCc4ccccc4)CC3)Nc3cccc(n3)S(=O)(=O)NC2=O)CC1(C)C.CN1CCC(C2CC[C@@H]3CN(c4nc(C(C)(C)C)ccc4C(=O)NS(=O)(=O)c4cccc(n4)N2)C(C)(C)C3)CC1.CN1CCC(C2CC[C@@H]3CN(c4nc(C(C)(C)C)ccc4C(=O)NS(=O)(=O)c4cccc(n4)N2)C(C)(C)C3)CC1. The Morgan fingerprint density at radius 2 is 0.677 bits per heavy atom. The zero-order valence-corrected chi connectivity index (χ0v) is 81.0. The van der Waals surface area contributed by atoms with Crippen LogP contribution in [0, 0.1) is 35.5 Å². The van der Waals surface area contributed by atoms with Crippen molar-refractivity contribution in [3.63, 3.8) is 0 Å². The summed E-state index contributed by atoms with van der Waals surface area (Å²) in [4.78, 5) is 95.3. The second-order valence-electron chi connectivity index (χ2n) is 42.5. The van der Waals surface area contributed by atoms with Crippen molar-refractivity contribution >= 4 is 88.8 Å². The molecular formula is C98H140N18O11S3. The quantitative estimate of drug-likeness (QED) is 0.0932. The predicted molar refractivity (Wildman–Crippen MR) is 512 cm³/mol. The minimum Gasteiger partial charge on any atom is -0.445 e. The number of likely N-dealkylation sites (tertiary alicyclic amines) is 3. The summed E-state index contributed by atoms with van der Waals surface area (Å²) in [6.45, 7) is 39.7. The van der Waals surface area contributed by atoms with Crippen molar-refractivity contribution in [2.45, 2.75) is 280 Å². The van der Waals surface area contributed by atoms with Gasteiger partial charge in [-0.05, 0) is 292 Å². The number of aromatic nitrogens is 6. The molecule has 6 N–H and O–H groups in total. The number of anilines is 6. The summed E-state index contributed by atoms with van der Waals surface area (Å²) < 4.78 is 93.1. The lowest BCUT2D eigenvalue weighted by molar-refractivity contribution is 0.0798. The monoisotopic (exact) mass is 1840 g/mol. The Bertz CT molecular complexity index is 5370. The van der Waals surface area contributed by atoms with E-state index in [0.29, 0.717) is 84.1 Å². The van der Waals surface area contributed by atoms with Crippen LogP contribution in [0.1, 0.15) is 261 Å². The fourth-order valence-corrected chi connectivity index (χ4v) is 23.3. The molecule has 0 spiro atoms. The third-order valence-electron chi connectivity index (χ3n) is 27.9. The summed E-state index contributed by atoms with van der Waals surface area (Å²) in [5.41, 5.74) is 2.75. The van der Waals surface area contributed by atoms with Crippen LogP contribution in [0.5, 0.6) is 0 Å². The Morgan fingerprint density at radius 1 is 0.385 bits per heavy atom. The van der Waals surface area contributed by atoms with Crippen LogP contribution in [-0.4, -0.2) is 201 Å². The molecule has 16 rings (SSSR count). The summed E-state index contributed by atoms with van der Waals surface area (Å²) in [5, 5.41) is 10.2. The first-order chi connectivity index (χ1) is 60.6. The molecule has 6 fully saturated rings. The molecular weight excluding hydrogens is 1700 g/mol. The first kappa shape index (κ1) is 97.9. The van der Waals surface area contributed by atoms with Crippen molar-refractivity contribution < 1.29 is 49.2 Å². The molecule has 6 saturated heterocycles. The number of sulfonamides is 3. The molecule has 3 unspecified atom stereocenters. The number of carbonyl (C=O) groups excluding carboxylic acids is 4. The minimum atomic E-state index is -4.29. The van der Waals surface area contributed by atoms with Crippen LogP contribution in [0.3, 0.4) is 0 Å². The van der Waals surface area contributed by atoms with E-state index < -0.39 is 47.8 Å². The van der Waals surface area contributed by atoms with E-state index in [-0.39, 0.29) is 109 Å². The van der Waals surface area contributed by atoms with E-state index in [1.165, 1.54) is 18.2 Å². The van der Waals surface area contributed by atoms with Gasteiger partial charge in [0.05, 0.1) is 16.7 Å². The van der Waals surface area contributed by atoms with Crippen molar-refractivity contribution in [1.29, 1.82) is 0 Å². The molecule has 4 amide bonds. The highest BCUT2D eigenvalue weighted by Crippen LogP contribution is 2.46. The molecule has 1 aromatic carbocycles. The molecule has 0 saturated carbocycles. The average Bonchev–Trinajstić information content (AvgIpc) is 1.60. The van der Waals surface area contributed by atoms with Gasteiger partial charge < -0.3 is 50.1 Å². The van der Waals surface area contributed by atoms with E-state index in [9.17, 15) is 44.4 Å². The third kappa shape index (κ3) is 23.2. The van der Waals surface area contributed by atoms with Crippen LogP contribution >= 0.6 is 0 Å². The Labute approximate surface area is 772 Å². The van der Waals surface area contributed by atoms with Gasteiger partial charge in [-0.25, -0.2) is 48.9 Å². The van der Waals surface area contributed by atoms with E-state index in [0.717, 1.165) is 158 Å². The van der Waals surface area contributed by atoms with Gasteiger partial charge in [0.15, 0.2) is 15.1 Å². The Balaban J connectivity index is 0.000000167. The van der Waals surface area contributed by atoms with E-state index in [4.69, 9.17) is 19.7 Å². The maximum atomic E-state index is 13.7. The van der Waals surface area contributed by atoms with E-state index in [1.807, 2.05) is 54.6 Å². The van der Waals surface area contributed by atoms with Crippen molar-refractivity contribution in [2.24, 2.45) is 35.5 Å². The highest BCUT2D eigenvalue weighted by atomic mass is 32.2. The first-order valence-corrected chi connectivity index (χ1v) is 50.7. The standard InChI is InChI=1S/C37H48N6O5S.2C30H44N6O3S.CH4/c1-36(2,3)30-17-15-28-33(39-30)43-23-26(22-37(43,4)5)14-16-29(38-31-12-9-13-32(40-31)49(46,47)41-34(28)44)27-18-20-42(21-19-27)35(45)48-24-25-10-7-6-8-11-25;2*1-29(2,3)24-13-11-22-27(32-24)36-19-20(18-30(36,4)5)10-12-23(21-14-16-35(6)17-15-21)31-25-8-7-9-26(33-25)40(38,39)34-28(22)37;/h6-13,15,17,26-27,29H,14,16,18-24H2,1-5H3,(H,38,40)(H,41,44);2*7-9,11,13,20-21,23H,10,12,14-19H2,1-6H3,(H,31,33)(H,34,37);1H4/t26-,29?;2*20-,23?;/m000./s1. The lowest BCUT2D eigenvalue weighted by atomic mass is 9.84. The number of amides is 4. The fourth-order valence-electron chi connectivity index (χ4n) is 20.5. The molecule has 32 heteroatoms. The largest absolute Gasteiger partial charge is 0.445 e. The van der Waals surface area contributed by atoms with E-state index in [1.54, 1.807) is 53.4 Å². The number of benzene rings is 1. The number of fused-ring (bicyclic) bond motifs is 18. The van der Waals surface area contributed by atoms with Crippen LogP contribution in [-0.2, 0) is 57.7 Å². The number of nitrogens with zero attached hydrogens (tertiary/aromatic N) is 12. The number of ether oxygens (including phenoxy) is 1. The molecule has 6 atom stereocenters. The van der Waals surface area contributed by atoms with Crippen LogP contribution < -0.4 is 44.8 Å². The molecule has 29 nitrogen and oxygen atoms in total. The lowest BCUT2D eigenvalue weighted by Crippen LogP contribution is -2.43. The Kier molecular flexibility index (Phi) is 29.3. The van der Waals surface area contributed by atoms with Gasteiger partial charge in [-0.2, -0.15) is 25.3 Å². The van der Waals surface area contributed by atoms with Crippen LogP contribution in [0.4, 0.5) is 39.7 Å². The van der Waals surface area contributed by atoms with Gasteiger partial charge in [0.2, 0.25) is 0 Å². The minimum absolute atomic E-state index is 0. The van der Waals surface area contributed by atoms with Gasteiger partial charge in [-0.1, -0.05) is 118 Å². The summed E-state index contributed by atoms with van der Waals surface area (Å²) in [6.07, 6.45) is 14.3. The smallest absolute Gasteiger partial charge is 0.410 e. The number of rotatable bonds is 5. The summed E-state index contributed by atoms with van der Waals surface area (Å²) in [7, 11) is -8.38. The second kappa shape index (κ2) is 38.9. The van der Waals surface area contributed by atoms with E-state index >= 15 is 0 Å². The van der Waals surface area contributed by atoms with Crippen LogP contribution in [0.2, 0.25) is 0 Å². The molecule has 9 aliphatic rings. The zero-order chi connectivity index (χ0) is 92.7. The van der Waals surface area contributed by atoms with Crippen molar-refractivity contribution in [3.8, 4) is 0 Å². The molecule has 15 heterocycles. The molecule has 9 aliphatic heterocycles. The van der Waals surface area contributed by atoms with Crippen molar-refractivity contribution in [1.82, 2.24) is 58.8 Å². The molecule has 130 heavy (non-hydrogen) atoms. The maximum absolute atomic E-state index is 13.7. The summed E-state index contributed by atoms with van der Waals surface area (Å²) in [5.74, 6) is 3.36. The highest BCUT2D eigenvalue weighted by molar-refractivity contribution is 7.90. The average molecular weight is 1840 g/mol. The van der Waals surface area contributed by atoms with Gasteiger partial charge in [-0.3, -0.25) is 14.4 Å². The number of carbonyl (C=O) groups is 4. The molecule has 706 valence electrons. The maximum Gasteiger partial charge on any atom is 0.410 e. The normalized spacial score (nSPS) is 24.4. The van der Waals surface area contributed by atoms with Crippen molar-refractivity contribution in [2.75, 3.05) is 104 Å². The van der Waals surface area contributed by atoms with Gasteiger partial charge in [0.1, 0.15) is 41.5 Å². The van der Waals surface area contributed by atoms with Gasteiger partial charge >= 0.3 is 6.09 Å². The number of piperidine rings is 3. The number of pyridine rings is 6. The molecule has 6 aromatic heterocycles. The number of nitrogens with one attached hydrogen (secondary N) is 6. The third-order valence-corrected chi connectivity index (χ3v) is 31.6. The predicted octanol–water partition coefficient (Wildman–Crippen LogP) is 15.6. The molecule has 7 aromatic rings. The number of hydrogen-bond donors (Lipinski definition) is 6. The number of hydrogen-bond acceptors (Lipinski definition) is 25. The van der Waals surface area contributed by atoms with Crippen molar-refractivity contribution in [3.05, 3.63) is 161 Å². The summed E-state index contributed by atoms with van der Waals surface area (Å²) >= 11 is 0. The Morgan fingerprint density at radius 3 is 0.969 bits per heavy atom. The summed E-state index contributed by atoms with van der Waals surface area (Å²) in [6, 6.07) is 35.3. The van der Waals surface area contributed by atoms with Gasteiger partial charge in [0.25, 0.3) is 47.8 Å². The van der Waals surface area contributed by atoms with Crippen LogP contribution in [0.15, 0.2) is 136 Å². The van der Waals surface area contributed by atoms with Gasteiger partial charge in [-0.15, -0.1) is 0 Å². The second-order valence-corrected chi connectivity index (χ2v) is 47.3. The molecule has 0 aliphatic carbocycles. The fraction of sp³-hybridized carbons (Fsp3) is 0.592. The molecule has 12 bridgehead atoms. The van der Waals surface area contributed by atoms with Crippen LogP contribution in [0.25, 0.3) is 0 Å². The topological polar surface area (TPSA) is 349 Å². The highest BCUT2D eigenvalue weighted by Gasteiger charge is 2.47.